The number of rotatable bonds is 5. The Morgan fingerprint density at radius 3 is 2.54 bits per heavy atom. The van der Waals surface area contributed by atoms with E-state index in [0.717, 1.165) is 0 Å². The maximum absolute atomic E-state index is 12.8. The van der Waals surface area contributed by atoms with Crippen molar-refractivity contribution in [2.24, 2.45) is 0 Å². The lowest BCUT2D eigenvalue weighted by Gasteiger charge is -2.27. The summed E-state index contributed by atoms with van der Waals surface area (Å²) in [5.41, 5.74) is 0.871. The van der Waals surface area contributed by atoms with Gasteiger partial charge in [0.2, 0.25) is 15.9 Å². The SMILES string of the molecule is CCN(CC)S(=O)(=O)c1cc(C(=O)N2CCNC(=O)C2)ccc1C. The molecule has 0 spiro atoms. The summed E-state index contributed by atoms with van der Waals surface area (Å²) in [6, 6.07) is 4.65. The minimum absolute atomic E-state index is 0.00909. The van der Waals surface area contributed by atoms with Crippen molar-refractivity contribution in [2.75, 3.05) is 32.7 Å². The van der Waals surface area contributed by atoms with E-state index in [2.05, 4.69) is 5.32 Å². The first kappa shape index (κ1) is 18.4. The maximum atomic E-state index is 12.8. The second-order valence-electron chi connectivity index (χ2n) is 5.65. The lowest BCUT2D eigenvalue weighted by Crippen LogP contribution is -2.50. The van der Waals surface area contributed by atoms with Crippen molar-refractivity contribution < 1.29 is 18.0 Å². The molecule has 0 saturated carbocycles. The van der Waals surface area contributed by atoms with E-state index in [4.69, 9.17) is 0 Å². The number of benzene rings is 1. The molecule has 0 aliphatic carbocycles. The molecule has 0 aromatic heterocycles. The molecule has 0 unspecified atom stereocenters. The van der Waals surface area contributed by atoms with Crippen molar-refractivity contribution in [2.45, 2.75) is 25.7 Å². The number of nitrogens with one attached hydrogen (secondary N) is 1. The average molecular weight is 353 g/mol. The number of piperazine rings is 1. The normalized spacial score (nSPS) is 15.5. The van der Waals surface area contributed by atoms with Crippen LogP contribution in [-0.2, 0) is 14.8 Å². The average Bonchev–Trinajstić information content (AvgIpc) is 2.55. The molecule has 0 atom stereocenters. The molecule has 1 aromatic rings. The topological polar surface area (TPSA) is 86.8 Å². The zero-order valence-electron chi connectivity index (χ0n) is 14.2. The Bertz CT molecular complexity index is 742. The summed E-state index contributed by atoms with van der Waals surface area (Å²) in [7, 11) is -3.65. The van der Waals surface area contributed by atoms with E-state index in [1.165, 1.54) is 15.3 Å². The molecule has 0 bridgehead atoms. The second-order valence-corrected chi connectivity index (χ2v) is 7.55. The molecule has 1 aromatic carbocycles. The van der Waals surface area contributed by atoms with Gasteiger partial charge in [-0.1, -0.05) is 19.9 Å². The molecular formula is C16H23N3O4S. The highest BCUT2D eigenvalue weighted by atomic mass is 32.2. The van der Waals surface area contributed by atoms with Gasteiger partial charge in [-0.3, -0.25) is 9.59 Å². The molecule has 1 saturated heterocycles. The number of hydrogen-bond donors (Lipinski definition) is 1. The van der Waals surface area contributed by atoms with E-state index in [-0.39, 0.29) is 28.8 Å². The molecule has 2 amide bonds. The fourth-order valence-electron chi connectivity index (χ4n) is 2.71. The minimum Gasteiger partial charge on any atom is -0.353 e. The Morgan fingerprint density at radius 2 is 1.96 bits per heavy atom. The van der Waals surface area contributed by atoms with E-state index in [9.17, 15) is 18.0 Å². The van der Waals surface area contributed by atoms with Crippen LogP contribution in [0.5, 0.6) is 0 Å². The van der Waals surface area contributed by atoms with E-state index in [1.54, 1.807) is 32.9 Å². The van der Waals surface area contributed by atoms with Crippen molar-refractivity contribution in [3.05, 3.63) is 29.3 Å². The van der Waals surface area contributed by atoms with Crippen LogP contribution >= 0.6 is 0 Å². The zero-order chi connectivity index (χ0) is 17.9. The molecule has 24 heavy (non-hydrogen) atoms. The largest absolute Gasteiger partial charge is 0.353 e. The van der Waals surface area contributed by atoms with Gasteiger partial charge >= 0.3 is 0 Å². The Morgan fingerprint density at radius 1 is 1.29 bits per heavy atom. The summed E-state index contributed by atoms with van der Waals surface area (Å²) in [5.74, 6) is -0.543. The molecule has 1 aliphatic heterocycles. The number of amides is 2. The highest BCUT2D eigenvalue weighted by Gasteiger charge is 2.27. The summed E-state index contributed by atoms with van der Waals surface area (Å²) < 4.78 is 26.9. The highest BCUT2D eigenvalue weighted by molar-refractivity contribution is 7.89. The first-order valence-corrected chi connectivity index (χ1v) is 9.42. The molecule has 2 rings (SSSR count). The minimum atomic E-state index is -3.65. The van der Waals surface area contributed by atoms with Gasteiger partial charge in [-0.2, -0.15) is 4.31 Å². The predicted octanol–water partition coefficient (Wildman–Crippen LogP) is 0.598. The van der Waals surface area contributed by atoms with Gasteiger partial charge in [0.1, 0.15) is 0 Å². The molecule has 8 heteroatoms. The summed E-state index contributed by atoms with van der Waals surface area (Å²) in [6.45, 7) is 6.79. The third-order valence-corrected chi connectivity index (χ3v) is 6.28. The standard InChI is InChI=1S/C16H23N3O4S/c1-4-19(5-2)24(22,23)14-10-13(7-6-12(14)3)16(21)18-9-8-17-15(20)11-18/h6-7,10H,4-5,8-9,11H2,1-3H3,(H,17,20). The number of aryl methyl sites for hydroxylation is 1. The van der Waals surface area contributed by atoms with Gasteiger partial charge in [-0.15, -0.1) is 0 Å². The fraction of sp³-hybridized carbons (Fsp3) is 0.500. The van der Waals surface area contributed by atoms with Gasteiger partial charge in [0.15, 0.2) is 0 Å². The maximum Gasteiger partial charge on any atom is 0.254 e. The smallest absolute Gasteiger partial charge is 0.254 e. The van der Waals surface area contributed by atoms with Gasteiger partial charge in [0.25, 0.3) is 5.91 Å². The fourth-order valence-corrected chi connectivity index (χ4v) is 4.42. The van der Waals surface area contributed by atoms with Gasteiger partial charge in [0.05, 0.1) is 11.4 Å². The van der Waals surface area contributed by atoms with E-state index >= 15 is 0 Å². The van der Waals surface area contributed by atoms with Gasteiger partial charge in [0, 0.05) is 31.7 Å². The molecule has 1 aliphatic rings. The number of carbonyl (C=O) groups excluding carboxylic acids is 2. The van der Waals surface area contributed by atoms with Crippen LogP contribution in [0, 0.1) is 6.92 Å². The first-order valence-electron chi connectivity index (χ1n) is 7.98. The first-order chi connectivity index (χ1) is 11.3. The Kier molecular flexibility index (Phi) is 5.61. The van der Waals surface area contributed by atoms with Crippen molar-refractivity contribution in [3.8, 4) is 0 Å². The second kappa shape index (κ2) is 7.31. The van der Waals surface area contributed by atoms with Crippen LogP contribution in [0.15, 0.2) is 23.1 Å². The van der Waals surface area contributed by atoms with Crippen LogP contribution in [0.2, 0.25) is 0 Å². The molecule has 132 valence electrons. The summed E-state index contributed by atoms with van der Waals surface area (Å²) in [5, 5.41) is 2.66. The molecule has 1 N–H and O–H groups in total. The Labute approximate surface area is 142 Å². The van der Waals surface area contributed by atoms with Crippen molar-refractivity contribution in [1.82, 2.24) is 14.5 Å². The van der Waals surface area contributed by atoms with Crippen LogP contribution in [-0.4, -0.2) is 62.2 Å². The van der Waals surface area contributed by atoms with E-state index in [1.807, 2.05) is 0 Å². The zero-order valence-corrected chi connectivity index (χ0v) is 15.0. The Hall–Kier alpha value is -1.93. The van der Waals surface area contributed by atoms with Crippen LogP contribution in [0.1, 0.15) is 29.8 Å². The highest BCUT2D eigenvalue weighted by Crippen LogP contribution is 2.22. The predicted molar refractivity (Wildman–Crippen MR) is 90.2 cm³/mol. The quantitative estimate of drug-likeness (QED) is 0.840. The third-order valence-electron chi connectivity index (χ3n) is 4.08. The number of nitrogens with zero attached hydrogens (tertiary/aromatic N) is 2. The number of hydrogen-bond acceptors (Lipinski definition) is 4. The van der Waals surface area contributed by atoms with Crippen LogP contribution in [0.3, 0.4) is 0 Å². The Balaban J connectivity index is 2.38. The summed E-state index contributed by atoms with van der Waals surface area (Å²) >= 11 is 0. The van der Waals surface area contributed by atoms with Gasteiger partial charge < -0.3 is 10.2 Å². The molecule has 1 fully saturated rings. The number of carbonyl (C=O) groups is 2. The van der Waals surface area contributed by atoms with Gasteiger partial charge in [-0.25, -0.2) is 8.42 Å². The molecule has 0 radical (unpaired) electrons. The lowest BCUT2D eigenvalue weighted by molar-refractivity contribution is -0.123. The summed E-state index contributed by atoms with van der Waals surface area (Å²) in [6.07, 6.45) is 0. The third kappa shape index (κ3) is 3.59. The monoisotopic (exact) mass is 353 g/mol. The van der Waals surface area contributed by atoms with E-state index < -0.39 is 10.0 Å². The molecule has 1 heterocycles. The van der Waals surface area contributed by atoms with Crippen LogP contribution < -0.4 is 5.32 Å². The van der Waals surface area contributed by atoms with Crippen LogP contribution in [0.4, 0.5) is 0 Å². The van der Waals surface area contributed by atoms with Crippen LogP contribution in [0.25, 0.3) is 0 Å². The molecule has 7 nitrogen and oxygen atoms in total. The lowest BCUT2D eigenvalue weighted by atomic mass is 10.1. The summed E-state index contributed by atoms with van der Waals surface area (Å²) in [4.78, 5) is 25.6. The van der Waals surface area contributed by atoms with Gasteiger partial charge in [-0.05, 0) is 24.6 Å². The van der Waals surface area contributed by atoms with E-state index in [0.29, 0.717) is 31.7 Å². The van der Waals surface area contributed by atoms with Crippen molar-refractivity contribution in [1.29, 1.82) is 0 Å². The van der Waals surface area contributed by atoms with Crippen molar-refractivity contribution >= 4 is 21.8 Å². The molecular weight excluding hydrogens is 330 g/mol. The number of sulfonamides is 1. The van der Waals surface area contributed by atoms with Crippen molar-refractivity contribution in [3.63, 3.8) is 0 Å².